The molecular weight excluding hydrogens is 454 g/mol. The maximum atomic E-state index is 3.77. The molecule has 0 bridgehead atoms. The first-order chi connectivity index (χ1) is 15.8. The summed E-state index contributed by atoms with van der Waals surface area (Å²) in [5.41, 5.74) is 9.66. The lowest BCUT2D eigenvalue weighted by Gasteiger charge is -2.11. The van der Waals surface area contributed by atoms with Gasteiger partial charge in [0, 0.05) is 26.3 Å². The normalized spacial score (nSPS) is 11.3. The highest BCUT2D eigenvalue weighted by Gasteiger charge is 2.17. The Morgan fingerprint density at radius 2 is 1.06 bits per heavy atom. The minimum Gasteiger partial charge on any atom is -0.354 e. The van der Waals surface area contributed by atoms with Gasteiger partial charge in [-0.3, -0.25) is 0 Å². The fraction of sp³-hybridized carbons (Fsp3) is 0. The van der Waals surface area contributed by atoms with Crippen LogP contribution in [0.3, 0.4) is 0 Å². The molecule has 6 rings (SSSR count). The molecule has 5 aromatic carbocycles. The number of nitrogens with one attached hydrogen (secondary N) is 1. The van der Waals surface area contributed by atoms with Gasteiger partial charge in [0.2, 0.25) is 0 Å². The second-order valence-corrected chi connectivity index (χ2v) is 8.92. The molecule has 1 aromatic heterocycles. The van der Waals surface area contributed by atoms with Crippen LogP contribution in [0, 0.1) is 0 Å². The molecule has 1 heterocycles. The lowest BCUT2D eigenvalue weighted by atomic mass is 9.92. The Labute approximate surface area is 195 Å². The van der Waals surface area contributed by atoms with Gasteiger partial charge in [-0.2, -0.15) is 0 Å². The largest absolute Gasteiger partial charge is 0.354 e. The molecule has 152 valence electrons. The standard InChI is InChI=1S/C30H20BrN/c31-23-14-7-13-22(19-23)26-18-17-25(21-11-5-2-6-12-21)29-28-24(20-9-3-1-4-10-20)15-8-16-27(28)32-30(26)29/h1-19,32H. The Kier molecular flexibility index (Phi) is 4.66. The number of hydrogen-bond donors (Lipinski definition) is 1. The van der Waals surface area contributed by atoms with Crippen molar-refractivity contribution >= 4 is 37.7 Å². The van der Waals surface area contributed by atoms with Crippen molar-refractivity contribution in [1.82, 2.24) is 4.98 Å². The third-order valence-corrected chi connectivity index (χ3v) is 6.58. The molecule has 0 spiro atoms. The number of H-pyrrole nitrogens is 1. The Morgan fingerprint density at radius 3 is 1.75 bits per heavy atom. The topological polar surface area (TPSA) is 15.8 Å². The van der Waals surface area contributed by atoms with Gasteiger partial charge in [-0.1, -0.05) is 113 Å². The van der Waals surface area contributed by atoms with Gasteiger partial charge in [0.05, 0.1) is 5.52 Å². The maximum absolute atomic E-state index is 3.77. The van der Waals surface area contributed by atoms with E-state index in [1.54, 1.807) is 0 Å². The minimum atomic E-state index is 1.08. The Bertz CT molecular complexity index is 1560. The van der Waals surface area contributed by atoms with Crippen LogP contribution in [0.2, 0.25) is 0 Å². The van der Waals surface area contributed by atoms with Crippen molar-refractivity contribution in [3.63, 3.8) is 0 Å². The van der Waals surface area contributed by atoms with E-state index in [0.717, 1.165) is 9.99 Å². The average molecular weight is 474 g/mol. The van der Waals surface area contributed by atoms with Crippen LogP contribution in [0.4, 0.5) is 0 Å². The molecule has 1 nitrogen and oxygen atoms in total. The molecule has 6 aromatic rings. The Morgan fingerprint density at radius 1 is 0.469 bits per heavy atom. The summed E-state index contributed by atoms with van der Waals surface area (Å²) in [5.74, 6) is 0. The van der Waals surface area contributed by atoms with Crippen molar-refractivity contribution in [1.29, 1.82) is 0 Å². The minimum absolute atomic E-state index is 1.08. The van der Waals surface area contributed by atoms with Crippen molar-refractivity contribution in [3.05, 3.63) is 120 Å². The van der Waals surface area contributed by atoms with Gasteiger partial charge in [-0.25, -0.2) is 0 Å². The molecular formula is C30H20BrN. The number of aromatic amines is 1. The molecule has 0 saturated heterocycles. The summed E-state index contributed by atoms with van der Waals surface area (Å²) in [6, 6.07) is 40.9. The van der Waals surface area contributed by atoms with E-state index in [-0.39, 0.29) is 0 Å². The number of halogens is 1. The van der Waals surface area contributed by atoms with Gasteiger partial charge in [0.1, 0.15) is 0 Å². The van der Waals surface area contributed by atoms with Gasteiger partial charge >= 0.3 is 0 Å². The van der Waals surface area contributed by atoms with E-state index < -0.39 is 0 Å². The van der Waals surface area contributed by atoms with Crippen molar-refractivity contribution in [3.8, 4) is 33.4 Å². The lowest BCUT2D eigenvalue weighted by molar-refractivity contribution is 1.53. The third-order valence-electron chi connectivity index (χ3n) is 6.08. The van der Waals surface area contributed by atoms with Crippen molar-refractivity contribution in [2.75, 3.05) is 0 Å². The number of benzene rings is 5. The molecule has 0 aliphatic rings. The van der Waals surface area contributed by atoms with Crippen molar-refractivity contribution < 1.29 is 0 Å². The zero-order valence-electron chi connectivity index (χ0n) is 17.3. The zero-order valence-corrected chi connectivity index (χ0v) is 18.9. The van der Waals surface area contributed by atoms with Crippen molar-refractivity contribution in [2.45, 2.75) is 0 Å². The monoisotopic (exact) mass is 473 g/mol. The summed E-state index contributed by atoms with van der Waals surface area (Å²) in [6.45, 7) is 0. The fourth-order valence-corrected chi connectivity index (χ4v) is 5.07. The first-order valence-corrected chi connectivity index (χ1v) is 11.5. The summed E-state index contributed by atoms with van der Waals surface area (Å²) in [5, 5.41) is 2.53. The van der Waals surface area contributed by atoms with E-state index in [2.05, 4.69) is 136 Å². The maximum Gasteiger partial charge on any atom is 0.0551 e. The summed E-state index contributed by atoms with van der Waals surface area (Å²) >= 11 is 3.64. The second-order valence-electron chi connectivity index (χ2n) is 8.01. The molecule has 1 N–H and O–H groups in total. The van der Waals surface area contributed by atoms with E-state index in [0.29, 0.717) is 0 Å². The van der Waals surface area contributed by atoms with Crippen LogP contribution in [0.25, 0.3) is 55.2 Å². The molecule has 0 aliphatic carbocycles. The van der Waals surface area contributed by atoms with Crippen LogP contribution in [0.1, 0.15) is 0 Å². The number of hydrogen-bond acceptors (Lipinski definition) is 0. The van der Waals surface area contributed by atoms with Gasteiger partial charge in [0.15, 0.2) is 0 Å². The smallest absolute Gasteiger partial charge is 0.0551 e. The van der Waals surface area contributed by atoms with E-state index in [4.69, 9.17) is 0 Å². The van der Waals surface area contributed by atoms with Gasteiger partial charge in [-0.15, -0.1) is 0 Å². The molecule has 0 atom stereocenters. The van der Waals surface area contributed by atoms with E-state index >= 15 is 0 Å². The number of fused-ring (bicyclic) bond motifs is 3. The predicted octanol–water partition coefficient (Wildman–Crippen LogP) is 9.08. The van der Waals surface area contributed by atoms with Crippen LogP contribution in [-0.2, 0) is 0 Å². The first-order valence-electron chi connectivity index (χ1n) is 10.7. The molecule has 0 amide bonds. The van der Waals surface area contributed by atoms with E-state index in [1.807, 2.05) is 0 Å². The Hall–Kier alpha value is -3.62. The number of aromatic nitrogens is 1. The summed E-state index contributed by atoms with van der Waals surface area (Å²) < 4.78 is 1.08. The van der Waals surface area contributed by atoms with Gasteiger partial charge in [-0.05, 0) is 46.0 Å². The van der Waals surface area contributed by atoms with Gasteiger partial charge in [0.25, 0.3) is 0 Å². The van der Waals surface area contributed by atoms with Crippen LogP contribution in [0.5, 0.6) is 0 Å². The van der Waals surface area contributed by atoms with Crippen molar-refractivity contribution in [2.24, 2.45) is 0 Å². The highest BCUT2D eigenvalue weighted by molar-refractivity contribution is 9.10. The van der Waals surface area contributed by atoms with Crippen LogP contribution >= 0.6 is 15.9 Å². The molecule has 0 saturated carbocycles. The predicted molar refractivity (Wildman–Crippen MR) is 140 cm³/mol. The lowest BCUT2D eigenvalue weighted by Crippen LogP contribution is -1.86. The molecule has 0 fully saturated rings. The molecule has 0 aliphatic heterocycles. The Balaban J connectivity index is 1.77. The SMILES string of the molecule is Brc1cccc(-c2ccc(-c3ccccc3)c3c2[nH]c2cccc(-c4ccccc4)c23)c1. The molecule has 32 heavy (non-hydrogen) atoms. The quantitative estimate of drug-likeness (QED) is 0.263. The molecule has 2 heteroatoms. The van der Waals surface area contributed by atoms with Crippen LogP contribution in [-0.4, -0.2) is 4.98 Å². The van der Waals surface area contributed by atoms with E-state index in [9.17, 15) is 0 Å². The molecule has 0 unspecified atom stereocenters. The summed E-state index contributed by atoms with van der Waals surface area (Å²) in [7, 11) is 0. The highest BCUT2D eigenvalue weighted by Crippen LogP contribution is 2.43. The summed E-state index contributed by atoms with van der Waals surface area (Å²) in [4.78, 5) is 3.77. The highest BCUT2D eigenvalue weighted by atomic mass is 79.9. The van der Waals surface area contributed by atoms with Crippen LogP contribution < -0.4 is 0 Å². The van der Waals surface area contributed by atoms with Crippen LogP contribution in [0.15, 0.2) is 120 Å². The number of rotatable bonds is 3. The second kappa shape index (κ2) is 7.81. The van der Waals surface area contributed by atoms with E-state index in [1.165, 1.54) is 49.7 Å². The summed E-state index contributed by atoms with van der Waals surface area (Å²) in [6.07, 6.45) is 0. The zero-order chi connectivity index (χ0) is 21.5. The first kappa shape index (κ1) is 19.1. The fourth-order valence-electron chi connectivity index (χ4n) is 4.67. The third kappa shape index (κ3) is 3.16. The molecule has 0 radical (unpaired) electrons. The van der Waals surface area contributed by atoms with Gasteiger partial charge < -0.3 is 4.98 Å². The average Bonchev–Trinajstić information content (AvgIpc) is 3.24.